The van der Waals surface area contributed by atoms with E-state index in [4.69, 9.17) is 5.11 Å². The molecule has 19 heavy (non-hydrogen) atoms. The van der Waals surface area contributed by atoms with E-state index in [1.165, 1.54) is 0 Å². The molecule has 2 fully saturated rings. The number of carboxylic acids is 1. The summed E-state index contributed by atoms with van der Waals surface area (Å²) in [5, 5.41) is 19.2. The van der Waals surface area contributed by atoms with Gasteiger partial charge in [0.25, 0.3) is 0 Å². The summed E-state index contributed by atoms with van der Waals surface area (Å²) in [6.45, 7) is 0. The third-order valence-corrected chi connectivity index (χ3v) is 4.69. The first kappa shape index (κ1) is 14.3. The first-order valence-electron chi connectivity index (χ1n) is 7.20. The van der Waals surface area contributed by atoms with Crippen LogP contribution in [0, 0.1) is 11.8 Å². The fraction of sp³-hybridized carbons (Fsp3) is 0.857. The van der Waals surface area contributed by atoms with Crippen molar-refractivity contribution in [3.8, 4) is 0 Å². The Kier molecular flexibility index (Phi) is 4.45. The third-order valence-electron chi connectivity index (χ3n) is 4.69. The lowest BCUT2D eigenvalue weighted by molar-refractivity contribution is -0.150. The SMILES string of the molecule is CN(C(=O)[C@@H]1CCC[C@@H]1C(=O)O)C1CCCCC1O. The van der Waals surface area contributed by atoms with Crippen LogP contribution >= 0.6 is 0 Å². The largest absolute Gasteiger partial charge is 0.481 e. The van der Waals surface area contributed by atoms with Gasteiger partial charge in [0.15, 0.2) is 0 Å². The van der Waals surface area contributed by atoms with E-state index in [9.17, 15) is 14.7 Å². The molecule has 108 valence electrons. The Morgan fingerprint density at radius 2 is 1.63 bits per heavy atom. The van der Waals surface area contributed by atoms with Crippen LogP contribution in [0.4, 0.5) is 0 Å². The van der Waals surface area contributed by atoms with Crippen molar-refractivity contribution >= 4 is 11.9 Å². The minimum Gasteiger partial charge on any atom is -0.481 e. The first-order valence-corrected chi connectivity index (χ1v) is 7.20. The van der Waals surface area contributed by atoms with Gasteiger partial charge in [-0.1, -0.05) is 19.3 Å². The molecule has 2 saturated carbocycles. The predicted octanol–water partition coefficient (Wildman–Crippen LogP) is 1.25. The normalized spacial score (nSPS) is 35.1. The monoisotopic (exact) mass is 269 g/mol. The van der Waals surface area contributed by atoms with Gasteiger partial charge in [-0.25, -0.2) is 0 Å². The van der Waals surface area contributed by atoms with E-state index in [2.05, 4.69) is 0 Å². The van der Waals surface area contributed by atoms with Gasteiger partial charge in [0.05, 0.1) is 24.0 Å². The van der Waals surface area contributed by atoms with Crippen LogP contribution in [0.25, 0.3) is 0 Å². The number of carbonyl (C=O) groups is 2. The molecule has 0 spiro atoms. The summed E-state index contributed by atoms with van der Waals surface area (Å²) in [7, 11) is 1.71. The van der Waals surface area contributed by atoms with Crippen molar-refractivity contribution < 1.29 is 19.8 Å². The molecule has 2 aliphatic carbocycles. The van der Waals surface area contributed by atoms with Crippen LogP contribution in [-0.2, 0) is 9.59 Å². The van der Waals surface area contributed by atoms with Gasteiger partial charge in [0, 0.05) is 7.05 Å². The Hall–Kier alpha value is -1.10. The standard InChI is InChI=1S/C14H23NO4/c1-15(11-7-2-3-8-12(11)16)13(17)9-5-4-6-10(9)14(18)19/h9-12,16H,2-8H2,1H3,(H,18,19)/t9-,10+,11?,12?/m1/s1. The van der Waals surface area contributed by atoms with Crippen LogP contribution in [0.2, 0.25) is 0 Å². The average molecular weight is 269 g/mol. The zero-order chi connectivity index (χ0) is 14.0. The smallest absolute Gasteiger partial charge is 0.307 e. The average Bonchev–Trinajstić information content (AvgIpc) is 2.87. The van der Waals surface area contributed by atoms with Gasteiger partial charge in [0.1, 0.15) is 0 Å². The summed E-state index contributed by atoms with van der Waals surface area (Å²) in [5.74, 6) is -1.92. The molecule has 2 N–H and O–H groups in total. The lowest BCUT2D eigenvalue weighted by Crippen LogP contribution is -2.49. The van der Waals surface area contributed by atoms with Crippen molar-refractivity contribution in [2.75, 3.05) is 7.05 Å². The molecule has 2 unspecified atom stereocenters. The van der Waals surface area contributed by atoms with E-state index in [1.807, 2.05) is 0 Å². The Labute approximate surface area is 113 Å². The Bertz CT molecular complexity index is 357. The lowest BCUT2D eigenvalue weighted by atomic mass is 9.89. The molecule has 0 aromatic heterocycles. The second kappa shape index (κ2) is 5.90. The van der Waals surface area contributed by atoms with Crippen molar-refractivity contribution in [3.63, 3.8) is 0 Å². The number of amides is 1. The van der Waals surface area contributed by atoms with Crippen LogP contribution in [0.1, 0.15) is 44.9 Å². The molecule has 4 atom stereocenters. The van der Waals surface area contributed by atoms with Gasteiger partial charge in [-0.05, 0) is 25.7 Å². The maximum atomic E-state index is 12.5. The third kappa shape index (κ3) is 2.91. The summed E-state index contributed by atoms with van der Waals surface area (Å²) < 4.78 is 0. The summed E-state index contributed by atoms with van der Waals surface area (Å²) in [4.78, 5) is 25.2. The molecule has 0 aromatic carbocycles. The summed E-state index contributed by atoms with van der Waals surface area (Å²) in [6, 6.07) is -0.142. The summed E-state index contributed by atoms with van der Waals surface area (Å²) in [5.41, 5.74) is 0. The van der Waals surface area contributed by atoms with Crippen molar-refractivity contribution in [2.24, 2.45) is 11.8 Å². The molecule has 1 amide bonds. The number of aliphatic hydroxyl groups excluding tert-OH is 1. The molecular weight excluding hydrogens is 246 g/mol. The second-order valence-corrected chi connectivity index (χ2v) is 5.85. The number of hydrogen-bond acceptors (Lipinski definition) is 3. The van der Waals surface area contributed by atoms with Gasteiger partial charge in [0.2, 0.25) is 5.91 Å². The number of carbonyl (C=O) groups excluding carboxylic acids is 1. The van der Waals surface area contributed by atoms with Gasteiger partial charge in [-0.3, -0.25) is 9.59 Å². The van der Waals surface area contributed by atoms with Crippen LogP contribution in [0.3, 0.4) is 0 Å². The summed E-state index contributed by atoms with van der Waals surface area (Å²) >= 11 is 0. The Morgan fingerprint density at radius 1 is 1.00 bits per heavy atom. The number of aliphatic carboxylic acids is 1. The molecule has 0 saturated heterocycles. The second-order valence-electron chi connectivity index (χ2n) is 5.85. The van der Waals surface area contributed by atoms with Crippen LogP contribution < -0.4 is 0 Å². The number of hydrogen-bond donors (Lipinski definition) is 2. The molecule has 2 rings (SSSR count). The van der Waals surface area contributed by atoms with Crippen LogP contribution in [0.15, 0.2) is 0 Å². The molecule has 2 aliphatic rings. The van der Waals surface area contributed by atoms with E-state index in [0.717, 1.165) is 32.1 Å². The minimum absolute atomic E-state index is 0.101. The van der Waals surface area contributed by atoms with Crippen LogP contribution in [0.5, 0.6) is 0 Å². The molecule has 0 aromatic rings. The number of rotatable bonds is 3. The topological polar surface area (TPSA) is 77.8 Å². The highest BCUT2D eigenvalue weighted by atomic mass is 16.4. The predicted molar refractivity (Wildman–Crippen MR) is 69.5 cm³/mol. The van der Waals surface area contributed by atoms with E-state index >= 15 is 0 Å². The fourth-order valence-electron chi connectivity index (χ4n) is 3.52. The molecular formula is C14H23NO4. The molecule has 5 heteroatoms. The van der Waals surface area contributed by atoms with Gasteiger partial charge in [-0.2, -0.15) is 0 Å². The van der Waals surface area contributed by atoms with Gasteiger partial charge in [-0.15, -0.1) is 0 Å². The molecule has 0 radical (unpaired) electrons. The number of carboxylic acid groups (broad SMARTS) is 1. The Balaban J connectivity index is 2.03. The molecule has 0 aliphatic heterocycles. The van der Waals surface area contributed by atoms with E-state index in [-0.39, 0.29) is 11.9 Å². The molecule has 0 heterocycles. The zero-order valence-electron chi connectivity index (χ0n) is 11.4. The fourth-order valence-corrected chi connectivity index (χ4v) is 3.52. The van der Waals surface area contributed by atoms with Gasteiger partial charge >= 0.3 is 5.97 Å². The van der Waals surface area contributed by atoms with E-state index in [0.29, 0.717) is 12.8 Å². The van der Waals surface area contributed by atoms with Gasteiger partial charge < -0.3 is 15.1 Å². The summed E-state index contributed by atoms with van der Waals surface area (Å²) in [6.07, 6.45) is 5.15. The van der Waals surface area contributed by atoms with Crippen molar-refractivity contribution in [2.45, 2.75) is 57.1 Å². The van der Waals surface area contributed by atoms with E-state index in [1.54, 1.807) is 11.9 Å². The number of nitrogens with zero attached hydrogens (tertiary/aromatic N) is 1. The highest BCUT2D eigenvalue weighted by Crippen LogP contribution is 2.34. The zero-order valence-corrected chi connectivity index (χ0v) is 11.4. The first-order chi connectivity index (χ1) is 9.02. The van der Waals surface area contributed by atoms with Crippen molar-refractivity contribution in [3.05, 3.63) is 0 Å². The maximum absolute atomic E-state index is 12.5. The highest BCUT2D eigenvalue weighted by Gasteiger charge is 2.41. The molecule has 5 nitrogen and oxygen atoms in total. The molecule has 0 bridgehead atoms. The quantitative estimate of drug-likeness (QED) is 0.808. The minimum atomic E-state index is -0.867. The Morgan fingerprint density at radius 3 is 2.26 bits per heavy atom. The number of likely N-dealkylation sites (N-methyl/N-ethyl adjacent to an activating group) is 1. The van der Waals surface area contributed by atoms with Crippen LogP contribution in [-0.4, -0.2) is 46.2 Å². The number of aliphatic hydroxyl groups is 1. The van der Waals surface area contributed by atoms with Crippen molar-refractivity contribution in [1.82, 2.24) is 4.90 Å². The van der Waals surface area contributed by atoms with Crippen molar-refractivity contribution in [1.29, 1.82) is 0 Å². The maximum Gasteiger partial charge on any atom is 0.307 e. The lowest BCUT2D eigenvalue weighted by Gasteiger charge is -2.37. The van der Waals surface area contributed by atoms with E-state index < -0.39 is 23.9 Å². The highest BCUT2D eigenvalue weighted by molar-refractivity contribution is 5.85.